The molecule has 20 heavy (non-hydrogen) atoms. The predicted octanol–water partition coefficient (Wildman–Crippen LogP) is 2.90. The highest BCUT2D eigenvalue weighted by molar-refractivity contribution is 4.98. The lowest BCUT2D eigenvalue weighted by molar-refractivity contribution is -0.182. The quantitative estimate of drug-likeness (QED) is 0.861. The second-order valence-corrected chi connectivity index (χ2v) is 8.84. The van der Waals surface area contributed by atoms with Gasteiger partial charge in [0.25, 0.3) is 0 Å². The molecule has 2 aliphatic rings. The van der Waals surface area contributed by atoms with Crippen molar-refractivity contribution in [3.8, 4) is 0 Å². The molecule has 0 amide bonds. The van der Waals surface area contributed by atoms with Gasteiger partial charge in [-0.3, -0.25) is 4.90 Å². The smallest absolute Gasteiger partial charge is 0.0760 e. The van der Waals surface area contributed by atoms with Crippen LogP contribution in [0.5, 0.6) is 0 Å². The highest BCUT2D eigenvalue weighted by Crippen LogP contribution is 2.42. The monoisotopic (exact) mass is 282 g/mol. The van der Waals surface area contributed by atoms with Crippen molar-refractivity contribution < 1.29 is 4.74 Å². The third-order valence-electron chi connectivity index (χ3n) is 5.04. The minimum Gasteiger partial charge on any atom is -0.367 e. The van der Waals surface area contributed by atoms with Crippen LogP contribution in [0.25, 0.3) is 0 Å². The molecule has 2 fully saturated rings. The molecule has 0 aromatic carbocycles. The zero-order valence-corrected chi connectivity index (χ0v) is 14.5. The summed E-state index contributed by atoms with van der Waals surface area (Å²) >= 11 is 0. The molecule has 1 aliphatic heterocycles. The first-order valence-corrected chi connectivity index (χ1v) is 8.14. The number of nitrogens with zero attached hydrogens (tertiary/aromatic N) is 1. The highest BCUT2D eigenvalue weighted by Gasteiger charge is 2.44. The van der Waals surface area contributed by atoms with E-state index in [1.54, 1.807) is 0 Å². The molecule has 0 radical (unpaired) electrons. The van der Waals surface area contributed by atoms with Crippen molar-refractivity contribution in [3.63, 3.8) is 0 Å². The van der Waals surface area contributed by atoms with E-state index in [-0.39, 0.29) is 11.2 Å². The molecule has 1 N–H and O–H groups in total. The molecule has 0 aromatic rings. The Balaban J connectivity index is 2.03. The van der Waals surface area contributed by atoms with Crippen molar-refractivity contribution in [1.29, 1.82) is 0 Å². The van der Waals surface area contributed by atoms with Gasteiger partial charge < -0.3 is 10.1 Å². The van der Waals surface area contributed by atoms with Gasteiger partial charge in [0.1, 0.15) is 0 Å². The van der Waals surface area contributed by atoms with E-state index in [0.717, 1.165) is 19.0 Å². The lowest BCUT2D eigenvalue weighted by Crippen LogP contribution is -2.58. The fourth-order valence-electron chi connectivity index (χ4n) is 4.75. The summed E-state index contributed by atoms with van der Waals surface area (Å²) in [4.78, 5) is 2.62. The Morgan fingerprint density at radius 3 is 2.10 bits per heavy atom. The Kier molecular flexibility index (Phi) is 4.27. The number of hydrogen-bond donors (Lipinski definition) is 1. The Bertz CT molecular complexity index is 333. The Morgan fingerprint density at radius 1 is 1.05 bits per heavy atom. The second kappa shape index (κ2) is 5.26. The van der Waals surface area contributed by atoms with E-state index in [1.807, 2.05) is 0 Å². The lowest BCUT2D eigenvalue weighted by Gasteiger charge is -2.48. The molecule has 3 nitrogen and oxygen atoms in total. The van der Waals surface area contributed by atoms with E-state index in [0.29, 0.717) is 11.5 Å². The van der Waals surface area contributed by atoms with E-state index >= 15 is 0 Å². The van der Waals surface area contributed by atoms with Gasteiger partial charge in [-0.05, 0) is 58.9 Å². The lowest BCUT2D eigenvalue weighted by atomic mass is 9.84. The van der Waals surface area contributed by atoms with Crippen LogP contribution in [0.1, 0.15) is 54.4 Å². The first-order chi connectivity index (χ1) is 9.05. The highest BCUT2D eigenvalue weighted by atomic mass is 16.5. The minimum absolute atomic E-state index is 0.0367. The van der Waals surface area contributed by atoms with E-state index in [4.69, 9.17) is 4.74 Å². The topological polar surface area (TPSA) is 24.5 Å². The molecule has 0 bridgehead atoms. The van der Waals surface area contributed by atoms with E-state index in [9.17, 15) is 0 Å². The second-order valence-electron chi connectivity index (χ2n) is 8.84. The molecule has 2 unspecified atom stereocenters. The van der Waals surface area contributed by atoms with E-state index in [1.165, 1.54) is 19.4 Å². The molecule has 1 saturated heterocycles. The van der Waals surface area contributed by atoms with Gasteiger partial charge in [-0.25, -0.2) is 0 Å². The van der Waals surface area contributed by atoms with Gasteiger partial charge in [-0.15, -0.1) is 0 Å². The molecule has 2 rings (SSSR count). The maximum absolute atomic E-state index is 6.19. The third-order valence-corrected chi connectivity index (χ3v) is 5.04. The minimum atomic E-state index is -0.0367. The molecule has 1 saturated carbocycles. The summed E-state index contributed by atoms with van der Waals surface area (Å²) < 4.78 is 6.19. The van der Waals surface area contributed by atoms with Gasteiger partial charge in [-0.2, -0.15) is 0 Å². The zero-order valence-electron chi connectivity index (χ0n) is 14.5. The van der Waals surface area contributed by atoms with Gasteiger partial charge >= 0.3 is 0 Å². The summed E-state index contributed by atoms with van der Waals surface area (Å²) in [6.45, 7) is 17.0. The molecule has 1 heterocycles. The summed E-state index contributed by atoms with van der Waals surface area (Å²) in [5.41, 5.74) is 0.354. The number of morpholine rings is 1. The van der Waals surface area contributed by atoms with Crippen LogP contribution in [0, 0.1) is 11.3 Å². The van der Waals surface area contributed by atoms with Gasteiger partial charge in [0, 0.05) is 25.7 Å². The summed E-state index contributed by atoms with van der Waals surface area (Å²) in [5, 5.41) is 3.58. The maximum atomic E-state index is 6.19. The Labute approximate surface area is 125 Å². The van der Waals surface area contributed by atoms with Gasteiger partial charge in [0.05, 0.1) is 11.2 Å². The average Bonchev–Trinajstić information content (AvgIpc) is 2.48. The number of ether oxygens (including phenoxy) is 1. The van der Waals surface area contributed by atoms with Crippen LogP contribution in [0.15, 0.2) is 0 Å². The summed E-state index contributed by atoms with van der Waals surface area (Å²) in [6, 6.07) is 0.636. The molecule has 1 aliphatic carbocycles. The van der Waals surface area contributed by atoms with Gasteiger partial charge in [0.2, 0.25) is 0 Å². The van der Waals surface area contributed by atoms with Gasteiger partial charge in [-0.1, -0.05) is 13.8 Å². The molecule has 0 spiro atoms. The Hall–Kier alpha value is -0.120. The first kappa shape index (κ1) is 16.3. The normalized spacial score (nSPS) is 36.1. The molecule has 0 aromatic heterocycles. The molecular formula is C17H34N2O. The standard InChI is InChI=1S/C17H34N2O/c1-15(2)9-8-13(14(15)18-7)10-19-11-16(3,4)20-17(5,6)12-19/h13-14,18H,8-12H2,1-7H3. The molecule has 2 atom stereocenters. The van der Waals surface area contributed by atoms with Crippen molar-refractivity contribution in [2.24, 2.45) is 11.3 Å². The van der Waals surface area contributed by atoms with Crippen molar-refractivity contribution in [2.45, 2.75) is 71.6 Å². The van der Waals surface area contributed by atoms with Crippen LogP contribution in [-0.4, -0.2) is 48.8 Å². The zero-order chi connectivity index (χ0) is 15.2. The van der Waals surface area contributed by atoms with Crippen molar-refractivity contribution >= 4 is 0 Å². The Morgan fingerprint density at radius 2 is 1.60 bits per heavy atom. The molecule has 3 heteroatoms. The summed E-state index contributed by atoms with van der Waals surface area (Å²) in [5.74, 6) is 0.764. The largest absolute Gasteiger partial charge is 0.367 e. The van der Waals surface area contributed by atoms with Crippen LogP contribution in [0.3, 0.4) is 0 Å². The van der Waals surface area contributed by atoms with Crippen molar-refractivity contribution in [2.75, 3.05) is 26.7 Å². The number of hydrogen-bond acceptors (Lipinski definition) is 3. The van der Waals surface area contributed by atoms with Crippen LogP contribution >= 0.6 is 0 Å². The van der Waals surface area contributed by atoms with E-state index < -0.39 is 0 Å². The molecule has 118 valence electrons. The first-order valence-electron chi connectivity index (χ1n) is 8.14. The van der Waals surface area contributed by atoms with Crippen LogP contribution in [0.2, 0.25) is 0 Å². The van der Waals surface area contributed by atoms with Gasteiger partial charge in [0.15, 0.2) is 0 Å². The number of rotatable bonds is 3. The predicted molar refractivity (Wildman–Crippen MR) is 85.0 cm³/mol. The fraction of sp³-hybridized carbons (Fsp3) is 1.00. The summed E-state index contributed by atoms with van der Waals surface area (Å²) in [7, 11) is 2.12. The SMILES string of the molecule is CNC1C(CN2CC(C)(C)OC(C)(C)C2)CCC1(C)C. The number of nitrogens with one attached hydrogen (secondary N) is 1. The maximum Gasteiger partial charge on any atom is 0.0760 e. The molecular weight excluding hydrogens is 248 g/mol. The van der Waals surface area contributed by atoms with E-state index in [2.05, 4.69) is 58.8 Å². The third kappa shape index (κ3) is 3.55. The van der Waals surface area contributed by atoms with Crippen molar-refractivity contribution in [1.82, 2.24) is 10.2 Å². The van der Waals surface area contributed by atoms with Crippen LogP contribution < -0.4 is 5.32 Å². The summed E-state index contributed by atoms with van der Waals surface area (Å²) in [6.07, 6.45) is 2.68. The van der Waals surface area contributed by atoms with Crippen LogP contribution in [-0.2, 0) is 4.74 Å². The average molecular weight is 282 g/mol. The fourth-order valence-corrected chi connectivity index (χ4v) is 4.75. The van der Waals surface area contributed by atoms with Crippen molar-refractivity contribution in [3.05, 3.63) is 0 Å². The van der Waals surface area contributed by atoms with Crippen LogP contribution in [0.4, 0.5) is 0 Å².